The van der Waals surface area contributed by atoms with Gasteiger partial charge in [0.2, 0.25) is 0 Å². The van der Waals surface area contributed by atoms with E-state index < -0.39 is 17.6 Å². The van der Waals surface area contributed by atoms with Crippen LogP contribution in [0.5, 0.6) is 0 Å². The number of alkyl halides is 3. The van der Waals surface area contributed by atoms with Gasteiger partial charge in [0.05, 0.1) is 10.0 Å². The van der Waals surface area contributed by atoms with E-state index in [2.05, 4.69) is 21.2 Å². The van der Waals surface area contributed by atoms with Crippen LogP contribution in [0.2, 0.25) is 0 Å². The first-order valence-corrected chi connectivity index (χ1v) is 6.93. The van der Waals surface area contributed by atoms with Crippen molar-refractivity contribution in [3.63, 3.8) is 0 Å². The first-order valence-electron chi connectivity index (χ1n) is 6.13. The molecule has 21 heavy (non-hydrogen) atoms. The summed E-state index contributed by atoms with van der Waals surface area (Å²) in [6, 6.07) is 8.06. The number of hydrogen-bond acceptors (Lipinski definition) is 1. The van der Waals surface area contributed by atoms with E-state index in [-0.39, 0.29) is 6.54 Å². The van der Waals surface area contributed by atoms with Crippen LogP contribution in [0.15, 0.2) is 40.9 Å². The Morgan fingerprint density at radius 1 is 1.14 bits per heavy atom. The zero-order valence-electron chi connectivity index (χ0n) is 11.1. The van der Waals surface area contributed by atoms with Crippen molar-refractivity contribution in [2.24, 2.45) is 0 Å². The molecule has 0 unspecified atom stereocenters. The summed E-state index contributed by atoms with van der Waals surface area (Å²) < 4.78 is 51.8. The number of hydrogen-bond donors (Lipinski definition) is 1. The number of halogens is 5. The second kappa shape index (κ2) is 6.05. The van der Waals surface area contributed by atoms with Gasteiger partial charge in [-0.3, -0.25) is 0 Å². The van der Waals surface area contributed by atoms with Gasteiger partial charge in [-0.25, -0.2) is 4.39 Å². The molecular weight excluding hydrogens is 350 g/mol. The molecule has 0 fully saturated rings. The van der Waals surface area contributed by atoms with Crippen LogP contribution < -0.4 is 5.32 Å². The maximum absolute atomic E-state index is 13.4. The SMILES string of the molecule is Cc1ccc(C(F)(F)F)cc1NCc1cccc(F)c1Br. The lowest BCUT2D eigenvalue weighted by molar-refractivity contribution is -0.137. The molecule has 0 amide bonds. The van der Waals surface area contributed by atoms with E-state index in [4.69, 9.17) is 0 Å². The summed E-state index contributed by atoms with van der Waals surface area (Å²) in [5.74, 6) is -0.407. The molecule has 0 aliphatic rings. The molecule has 0 saturated heterocycles. The minimum absolute atomic E-state index is 0.223. The van der Waals surface area contributed by atoms with Gasteiger partial charge in [0, 0.05) is 12.2 Å². The first kappa shape index (κ1) is 15.8. The summed E-state index contributed by atoms with van der Waals surface area (Å²) in [5.41, 5.74) is 0.984. The summed E-state index contributed by atoms with van der Waals surface area (Å²) in [4.78, 5) is 0. The van der Waals surface area contributed by atoms with Gasteiger partial charge in [-0.1, -0.05) is 18.2 Å². The van der Waals surface area contributed by atoms with Crippen LogP contribution in [0, 0.1) is 12.7 Å². The standard InChI is InChI=1S/C15H12BrF4N/c1-9-5-6-11(15(18,19)20)7-13(9)21-8-10-3-2-4-12(17)14(10)16/h2-7,21H,8H2,1H3. The predicted octanol–water partition coefficient (Wildman–Crippen LogP) is 5.53. The molecule has 1 nitrogen and oxygen atoms in total. The predicted molar refractivity (Wildman–Crippen MR) is 77.6 cm³/mol. The van der Waals surface area contributed by atoms with E-state index in [0.29, 0.717) is 21.3 Å². The van der Waals surface area contributed by atoms with Crippen molar-refractivity contribution in [3.8, 4) is 0 Å². The largest absolute Gasteiger partial charge is 0.416 e. The van der Waals surface area contributed by atoms with Crippen LogP contribution in [0.3, 0.4) is 0 Å². The van der Waals surface area contributed by atoms with Gasteiger partial charge >= 0.3 is 6.18 Å². The molecular formula is C15H12BrF4N. The van der Waals surface area contributed by atoms with E-state index in [0.717, 1.165) is 12.1 Å². The third-order valence-corrected chi connectivity index (χ3v) is 3.95. The molecule has 0 spiro atoms. The van der Waals surface area contributed by atoms with E-state index in [9.17, 15) is 17.6 Å². The fourth-order valence-electron chi connectivity index (χ4n) is 1.86. The minimum atomic E-state index is -4.39. The monoisotopic (exact) mass is 361 g/mol. The summed E-state index contributed by atoms with van der Waals surface area (Å²) in [5, 5.41) is 2.91. The van der Waals surface area contributed by atoms with E-state index >= 15 is 0 Å². The highest BCUT2D eigenvalue weighted by Crippen LogP contribution is 2.32. The summed E-state index contributed by atoms with van der Waals surface area (Å²) in [6.07, 6.45) is -4.39. The number of rotatable bonds is 3. The molecule has 2 aromatic carbocycles. The molecule has 112 valence electrons. The highest BCUT2D eigenvalue weighted by atomic mass is 79.9. The molecule has 2 rings (SSSR count). The Hall–Kier alpha value is -1.56. The summed E-state index contributed by atoms with van der Waals surface area (Å²) in [7, 11) is 0. The molecule has 0 aromatic heterocycles. The molecule has 0 heterocycles. The van der Waals surface area contributed by atoms with Crippen LogP contribution in [-0.2, 0) is 12.7 Å². The molecule has 1 N–H and O–H groups in total. The molecule has 0 atom stereocenters. The fraction of sp³-hybridized carbons (Fsp3) is 0.200. The maximum Gasteiger partial charge on any atom is 0.416 e. The van der Waals surface area contributed by atoms with Crippen molar-refractivity contribution in [1.82, 2.24) is 0 Å². The lowest BCUT2D eigenvalue weighted by Gasteiger charge is -2.14. The highest BCUT2D eigenvalue weighted by molar-refractivity contribution is 9.10. The van der Waals surface area contributed by atoms with Crippen LogP contribution >= 0.6 is 15.9 Å². The second-order valence-electron chi connectivity index (χ2n) is 4.59. The van der Waals surface area contributed by atoms with Crippen molar-refractivity contribution in [2.45, 2.75) is 19.6 Å². The third kappa shape index (κ3) is 3.75. The second-order valence-corrected chi connectivity index (χ2v) is 5.39. The van der Waals surface area contributed by atoms with Crippen LogP contribution in [0.1, 0.15) is 16.7 Å². The lowest BCUT2D eigenvalue weighted by Crippen LogP contribution is -2.08. The van der Waals surface area contributed by atoms with Gasteiger partial charge < -0.3 is 5.32 Å². The highest BCUT2D eigenvalue weighted by Gasteiger charge is 2.30. The van der Waals surface area contributed by atoms with Crippen molar-refractivity contribution in [2.75, 3.05) is 5.32 Å². The van der Waals surface area contributed by atoms with E-state index in [1.807, 2.05) is 0 Å². The fourth-order valence-corrected chi connectivity index (χ4v) is 2.27. The lowest BCUT2D eigenvalue weighted by atomic mass is 10.1. The Morgan fingerprint density at radius 3 is 2.52 bits per heavy atom. The van der Waals surface area contributed by atoms with Gasteiger partial charge in [0.25, 0.3) is 0 Å². The van der Waals surface area contributed by atoms with E-state index in [1.54, 1.807) is 19.1 Å². The molecule has 6 heteroatoms. The van der Waals surface area contributed by atoms with Gasteiger partial charge in [0.15, 0.2) is 0 Å². The van der Waals surface area contributed by atoms with E-state index in [1.165, 1.54) is 12.1 Å². The zero-order valence-corrected chi connectivity index (χ0v) is 12.6. The van der Waals surface area contributed by atoms with Gasteiger partial charge in [-0.05, 0) is 52.2 Å². The molecule has 0 aliphatic carbocycles. The Bertz CT molecular complexity index is 653. The van der Waals surface area contributed by atoms with Crippen molar-refractivity contribution in [3.05, 3.63) is 63.4 Å². The quantitative estimate of drug-likeness (QED) is 0.709. The Morgan fingerprint density at radius 2 is 1.86 bits per heavy atom. The molecule has 0 bridgehead atoms. The maximum atomic E-state index is 13.4. The third-order valence-electron chi connectivity index (χ3n) is 3.07. The molecule has 0 aliphatic heterocycles. The Kier molecular flexibility index (Phi) is 4.56. The molecule has 0 saturated carbocycles. The van der Waals surface area contributed by atoms with Crippen LogP contribution in [-0.4, -0.2) is 0 Å². The van der Waals surface area contributed by atoms with Crippen LogP contribution in [0.4, 0.5) is 23.2 Å². The average Bonchev–Trinajstić information content (AvgIpc) is 2.40. The van der Waals surface area contributed by atoms with Gasteiger partial charge in [0.1, 0.15) is 5.82 Å². The van der Waals surface area contributed by atoms with Crippen LogP contribution in [0.25, 0.3) is 0 Å². The number of anilines is 1. The zero-order chi connectivity index (χ0) is 15.6. The molecule has 2 aromatic rings. The Balaban J connectivity index is 2.22. The van der Waals surface area contributed by atoms with Crippen molar-refractivity contribution in [1.29, 1.82) is 0 Å². The minimum Gasteiger partial charge on any atom is -0.381 e. The van der Waals surface area contributed by atoms with Gasteiger partial charge in [-0.15, -0.1) is 0 Å². The summed E-state index contributed by atoms with van der Waals surface area (Å²) in [6.45, 7) is 1.93. The number of benzene rings is 2. The smallest absolute Gasteiger partial charge is 0.381 e. The normalized spacial score (nSPS) is 11.5. The average molecular weight is 362 g/mol. The molecule has 0 radical (unpaired) electrons. The van der Waals surface area contributed by atoms with Crippen molar-refractivity contribution < 1.29 is 17.6 Å². The topological polar surface area (TPSA) is 12.0 Å². The van der Waals surface area contributed by atoms with Gasteiger partial charge in [-0.2, -0.15) is 13.2 Å². The number of aryl methyl sites for hydroxylation is 1. The summed E-state index contributed by atoms with van der Waals surface area (Å²) >= 11 is 3.12. The number of nitrogens with one attached hydrogen (secondary N) is 1. The Labute approximate surface area is 128 Å². The first-order chi connectivity index (χ1) is 9.79. The van der Waals surface area contributed by atoms with Crippen molar-refractivity contribution >= 4 is 21.6 Å².